The number of nitrogens with one attached hydrogen (secondary N) is 1. The maximum Gasteiger partial charge on any atom is 0.255 e. The van der Waals surface area contributed by atoms with E-state index in [-0.39, 0.29) is 30.7 Å². The Morgan fingerprint density at radius 3 is 2.59 bits per heavy atom. The lowest BCUT2D eigenvalue weighted by molar-refractivity contribution is 0.0607. The Hall–Kier alpha value is -1.37. The SMILES string of the molecule is CC(C)Cn1ncc2cc(C(=O)N3CCC4(CCNC4)CC3)cnc21.Cl.Cl. The minimum absolute atomic E-state index is 0. The minimum atomic E-state index is 0. The average molecular weight is 414 g/mol. The molecule has 4 rings (SSSR count). The van der Waals surface area contributed by atoms with Crippen LogP contribution < -0.4 is 5.32 Å². The normalized spacial score (nSPS) is 18.6. The summed E-state index contributed by atoms with van der Waals surface area (Å²) in [6, 6.07) is 1.94. The first kappa shape index (κ1) is 21.9. The maximum absolute atomic E-state index is 12.9. The molecule has 2 aliphatic rings. The quantitative estimate of drug-likeness (QED) is 0.838. The number of carbonyl (C=O) groups excluding carboxylic acids is 1. The molecule has 0 aliphatic carbocycles. The lowest BCUT2D eigenvalue weighted by Crippen LogP contribution is -2.44. The van der Waals surface area contributed by atoms with Gasteiger partial charge >= 0.3 is 0 Å². The zero-order valence-corrected chi connectivity index (χ0v) is 17.6. The molecule has 27 heavy (non-hydrogen) atoms. The molecule has 2 saturated heterocycles. The Morgan fingerprint density at radius 2 is 1.96 bits per heavy atom. The molecule has 1 N–H and O–H groups in total. The Labute approximate surface area is 172 Å². The van der Waals surface area contributed by atoms with Crippen LogP contribution >= 0.6 is 24.8 Å². The number of rotatable bonds is 3. The average Bonchev–Trinajstić information content (AvgIpc) is 3.22. The highest BCUT2D eigenvalue weighted by Gasteiger charge is 2.38. The van der Waals surface area contributed by atoms with Crippen LogP contribution in [0.25, 0.3) is 11.0 Å². The maximum atomic E-state index is 12.9. The van der Waals surface area contributed by atoms with Gasteiger partial charge in [0, 0.05) is 37.8 Å². The Balaban J connectivity index is 0.00000131. The topological polar surface area (TPSA) is 63.1 Å². The summed E-state index contributed by atoms with van der Waals surface area (Å²) in [6.07, 6.45) is 6.99. The Morgan fingerprint density at radius 1 is 1.22 bits per heavy atom. The Kier molecular flexibility index (Phi) is 7.11. The molecule has 1 amide bonds. The summed E-state index contributed by atoms with van der Waals surface area (Å²) in [4.78, 5) is 19.4. The molecule has 0 saturated carbocycles. The molecule has 0 aromatic carbocycles. The molecule has 2 aliphatic heterocycles. The van der Waals surface area contributed by atoms with Crippen molar-refractivity contribution in [2.45, 2.75) is 39.7 Å². The van der Waals surface area contributed by atoms with Gasteiger partial charge in [0.2, 0.25) is 0 Å². The summed E-state index contributed by atoms with van der Waals surface area (Å²) in [6.45, 7) is 9.09. The van der Waals surface area contributed by atoms with Crippen LogP contribution in [0.2, 0.25) is 0 Å². The largest absolute Gasteiger partial charge is 0.339 e. The van der Waals surface area contributed by atoms with Crippen molar-refractivity contribution in [2.75, 3.05) is 26.2 Å². The van der Waals surface area contributed by atoms with Crippen LogP contribution in [0, 0.1) is 11.3 Å². The van der Waals surface area contributed by atoms with E-state index in [1.807, 2.05) is 21.8 Å². The van der Waals surface area contributed by atoms with Crippen LogP contribution in [-0.4, -0.2) is 51.8 Å². The Bertz CT molecular complexity index is 775. The summed E-state index contributed by atoms with van der Waals surface area (Å²) in [5.74, 6) is 0.615. The molecule has 0 radical (unpaired) electrons. The number of aromatic nitrogens is 3. The lowest BCUT2D eigenvalue weighted by Gasteiger charge is -2.38. The molecule has 4 heterocycles. The zero-order chi connectivity index (χ0) is 17.4. The number of pyridine rings is 1. The van der Waals surface area contributed by atoms with Crippen molar-refractivity contribution in [2.24, 2.45) is 11.3 Å². The number of carbonyl (C=O) groups is 1. The van der Waals surface area contributed by atoms with E-state index >= 15 is 0 Å². The molecule has 0 atom stereocenters. The zero-order valence-electron chi connectivity index (χ0n) is 16.0. The van der Waals surface area contributed by atoms with E-state index in [1.165, 1.54) is 6.42 Å². The second kappa shape index (κ2) is 8.76. The fourth-order valence-electron chi connectivity index (χ4n) is 4.16. The molecule has 2 aromatic rings. The molecule has 2 aromatic heterocycles. The number of nitrogens with zero attached hydrogens (tertiary/aromatic N) is 4. The van der Waals surface area contributed by atoms with Crippen molar-refractivity contribution in [1.82, 2.24) is 25.0 Å². The van der Waals surface area contributed by atoms with E-state index in [1.54, 1.807) is 6.20 Å². The third-order valence-electron chi connectivity index (χ3n) is 5.70. The predicted octanol–water partition coefficient (Wildman–Crippen LogP) is 3.15. The highest BCUT2D eigenvalue weighted by molar-refractivity contribution is 5.96. The first-order valence-electron chi connectivity index (χ1n) is 9.38. The number of hydrogen-bond donors (Lipinski definition) is 1. The van der Waals surface area contributed by atoms with Crippen molar-refractivity contribution >= 4 is 41.8 Å². The van der Waals surface area contributed by atoms with Crippen LogP contribution in [0.4, 0.5) is 0 Å². The van der Waals surface area contributed by atoms with Gasteiger partial charge in [0.05, 0.1) is 11.8 Å². The summed E-state index contributed by atoms with van der Waals surface area (Å²) in [5.41, 5.74) is 1.97. The van der Waals surface area contributed by atoms with Gasteiger partial charge in [-0.25, -0.2) is 9.67 Å². The predicted molar refractivity (Wildman–Crippen MR) is 112 cm³/mol. The molecule has 150 valence electrons. The number of amides is 1. The molecule has 0 unspecified atom stereocenters. The minimum Gasteiger partial charge on any atom is -0.339 e. The van der Waals surface area contributed by atoms with Crippen LogP contribution in [-0.2, 0) is 6.54 Å². The smallest absolute Gasteiger partial charge is 0.255 e. The van der Waals surface area contributed by atoms with E-state index in [9.17, 15) is 4.79 Å². The van der Waals surface area contributed by atoms with Gasteiger partial charge in [0.25, 0.3) is 5.91 Å². The second-order valence-electron chi connectivity index (χ2n) is 8.08. The van der Waals surface area contributed by atoms with Gasteiger partial charge in [-0.1, -0.05) is 13.8 Å². The van der Waals surface area contributed by atoms with Gasteiger partial charge in [-0.3, -0.25) is 4.79 Å². The first-order chi connectivity index (χ1) is 12.1. The van der Waals surface area contributed by atoms with E-state index in [0.717, 1.165) is 56.6 Å². The highest BCUT2D eigenvalue weighted by atomic mass is 35.5. The third-order valence-corrected chi connectivity index (χ3v) is 5.70. The molecule has 8 heteroatoms. The van der Waals surface area contributed by atoms with Gasteiger partial charge in [-0.15, -0.1) is 24.8 Å². The first-order valence-corrected chi connectivity index (χ1v) is 9.38. The van der Waals surface area contributed by atoms with E-state index in [0.29, 0.717) is 16.9 Å². The fraction of sp³-hybridized carbons (Fsp3) is 0.632. The summed E-state index contributed by atoms with van der Waals surface area (Å²) in [7, 11) is 0. The van der Waals surface area contributed by atoms with Crippen LogP contribution in [0.5, 0.6) is 0 Å². The number of fused-ring (bicyclic) bond motifs is 1. The molecular formula is C19H29Cl2N5O. The number of hydrogen-bond acceptors (Lipinski definition) is 4. The fourth-order valence-corrected chi connectivity index (χ4v) is 4.16. The monoisotopic (exact) mass is 413 g/mol. The third kappa shape index (κ3) is 4.39. The van der Waals surface area contributed by atoms with Crippen molar-refractivity contribution in [3.63, 3.8) is 0 Å². The number of halogens is 2. The second-order valence-corrected chi connectivity index (χ2v) is 8.08. The highest BCUT2D eigenvalue weighted by Crippen LogP contribution is 2.37. The van der Waals surface area contributed by atoms with Gasteiger partial charge in [0.15, 0.2) is 5.65 Å². The molecular weight excluding hydrogens is 385 g/mol. The van der Waals surface area contributed by atoms with Gasteiger partial charge in [-0.05, 0) is 43.2 Å². The molecule has 2 fully saturated rings. The van der Waals surface area contributed by atoms with E-state index in [2.05, 4.69) is 29.2 Å². The van der Waals surface area contributed by atoms with Gasteiger partial charge < -0.3 is 10.2 Å². The van der Waals surface area contributed by atoms with Crippen LogP contribution in [0.3, 0.4) is 0 Å². The van der Waals surface area contributed by atoms with Crippen molar-refractivity contribution in [3.8, 4) is 0 Å². The molecule has 1 spiro atoms. The number of piperidine rings is 1. The molecule has 6 nitrogen and oxygen atoms in total. The standard InChI is InChI=1S/C19H27N5O.2ClH/c1-14(2)12-24-17-15(11-22-24)9-16(10-21-17)18(25)23-7-4-19(5-8-23)3-6-20-13-19;;/h9-11,14,20H,3-8,12-13H2,1-2H3;2*1H. The summed E-state index contributed by atoms with van der Waals surface area (Å²) in [5, 5.41) is 8.83. The van der Waals surface area contributed by atoms with Gasteiger partial charge in [-0.2, -0.15) is 5.10 Å². The van der Waals surface area contributed by atoms with Gasteiger partial charge in [0.1, 0.15) is 0 Å². The number of likely N-dealkylation sites (tertiary alicyclic amines) is 1. The van der Waals surface area contributed by atoms with Crippen LogP contribution in [0.1, 0.15) is 43.5 Å². The van der Waals surface area contributed by atoms with Crippen molar-refractivity contribution in [1.29, 1.82) is 0 Å². The van der Waals surface area contributed by atoms with Crippen molar-refractivity contribution in [3.05, 3.63) is 24.0 Å². The summed E-state index contributed by atoms with van der Waals surface area (Å²) >= 11 is 0. The van der Waals surface area contributed by atoms with E-state index < -0.39 is 0 Å². The lowest BCUT2D eigenvalue weighted by atomic mass is 9.78. The summed E-state index contributed by atoms with van der Waals surface area (Å²) < 4.78 is 1.92. The van der Waals surface area contributed by atoms with Crippen molar-refractivity contribution < 1.29 is 4.79 Å². The van der Waals surface area contributed by atoms with E-state index in [4.69, 9.17) is 0 Å². The molecule has 0 bridgehead atoms. The van der Waals surface area contributed by atoms with Crippen LogP contribution in [0.15, 0.2) is 18.5 Å².